The number of aliphatic imine (C=N–C) groups is 1. The monoisotopic (exact) mass is 407 g/mol. The highest BCUT2D eigenvalue weighted by atomic mass is 35.5. The molecule has 1 saturated heterocycles. The fraction of sp³-hybridized carbons (Fsp3) is 0.167. The van der Waals surface area contributed by atoms with E-state index in [1.807, 2.05) is 6.92 Å². The molecule has 8 heteroatoms. The molecular formula is C18H15Cl2N3O2S. The molecule has 2 aromatic rings. The summed E-state index contributed by atoms with van der Waals surface area (Å²) in [4.78, 5) is 28.7. The second kappa shape index (κ2) is 8.12. The first-order valence-electron chi connectivity index (χ1n) is 7.78. The number of thioether (sulfide) groups is 1. The molecule has 3 rings (SSSR count). The molecule has 1 heterocycles. The number of amides is 2. The van der Waals surface area contributed by atoms with Crippen molar-refractivity contribution in [2.45, 2.75) is 18.6 Å². The maximum absolute atomic E-state index is 12.2. The van der Waals surface area contributed by atoms with E-state index in [1.54, 1.807) is 42.5 Å². The number of hydrogen-bond donors (Lipinski definition) is 2. The largest absolute Gasteiger partial charge is 0.326 e. The van der Waals surface area contributed by atoms with Crippen LogP contribution in [0.2, 0.25) is 10.0 Å². The Hall–Kier alpha value is -2.02. The van der Waals surface area contributed by atoms with Gasteiger partial charge >= 0.3 is 0 Å². The topological polar surface area (TPSA) is 70.6 Å². The summed E-state index contributed by atoms with van der Waals surface area (Å²) in [7, 11) is 0. The third-order valence-corrected chi connectivity index (χ3v) is 5.19. The lowest BCUT2D eigenvalue weighted by Crippen LogP contribution is -2.28. The van der Waals surface area contributed by atoms with E-state index in [4.69, 9.17) is 23.2 Å². The van der Waals surface area contributed by atoms with Crippen molar-refractivity contribution in [1.82, 2.24) is 5.32 Å². The number of carbonyl (C=O) groups excluding carboxylic acids is 2. The lowest BCUT2D eigenvalue weighted by atomic mass is 10.2. The average Bonchev–Trinajstić information content (AvgIpc) is 2.89. The molecule has 26 heavy (non-hydrogen) atoms. The van der Waals surface area contributed by atoms with Gasteiger partial charge in [0.25, 0.3) is 0 Å². The number of carbonyl (C=O) groups is 2. The number of rotatable bonds is 4. The maximum Gasteiger partial charge on any atom is 0.240 e. The van der Waals surface area contributed by atoms with Gasteiger partial charge < -0.3 is 10.6 Å². The van der Waals surface area contributed by atoms with Gasteiger partial charge in [0.2, 0.25) is 11.8 Å². The highest BCUT2D eigenvalue weighted by Crippen LogP contribution is 2.28. The van der Waals surface area contributed by atoms with Crippen molar-refractivity contribution in [1.29, 1.82) is 0 Å². The van der Waals surface area contributed by atoms with Crippen LogP contribution in [0.15, 0.2) is 47.5 Å². The lowest BCUT2D eigenvalue weighted by molar-refractivity contribution is -0.122. The first kappa shape index (κ1) is 18.8. The van der Waals surface area contributed by atoms with Gasteiger partial charge in [0.05, 0.1) is 5.69 Å². The molecule has 1 aliphatic rings. The van der Waals surface area contributed by atoms with Crippen LogP contribution in [0.3, 0.4) is 0 Å². The summed E-state index contributed by atoms with van der Waals surface area (Å²) < 4.78 is 0. The quantitative estimate of drug-likeness (QED) is 0.780. The van der Waals surface area contributed by atoms with Gasteiger partial charge in [-0.05, 0) is 48.9 Å². The predicted octanol–water partition coefficient (Wildman–Crippen LogP) is 4.55. The molecule has 2 aromatic carbocycles. The summed E-state index contributed by atoms with van der Waals surface area (Å²) in [5, 5.41) is 6.56. The van der Waals surface area contributed by atoms with Gasteiger partial charge in [-0.2, -0.15) is 0 Å². The van der Waals surface area contributed by atoms with Gasteiger partial charge in [-0.15, -0.1) is 0 Å². The minimum Gasteiger partial charge on any atom is -0.326 e. The molecule has 0 aliphatic carbocycles. The molecule has 0 radical (unpaired) electrons. The van der Waals surface area contributed by atoms with Gasteiger partial charge in [0.15, 0.2) is 5.17 Å². The summed E-state index contributed by atoms with van der Waals surface area (Å²) in [5.41, 5.74) is 2.22. The van der Waals surface area contributed by atoms with Crippen LogP contribution < -0.4 is 10.6 Å². The van der Waals surface area contributed by atoms with E-state index in [2.05, 4.69) is 15.6 Å². The first-order valence-corrected chi connectivity index (χ1v) is 9.42. The average molecular weight is 408 g/mol. The predicted molar refractivity (Wildman–Crippen MR) is 108 cm³/mol. The second-order valence-electron chi connectivity index (χ2n) is 5.71. The molecule has 0 saturated carbocycles. The molecule has 0 unspecified atom stereocenters. The smallest absolute Gasteiger partial charge is 0.240 e. The third kappa shape index (κ3) is 4.78. The molecule has 0 spiro atoms. The molecule has 5 nitrogen and oxygen atoms in total. The molecule has 0 bridgehead atoms. The van der Waals surface area contributed by atoms with Crippen LogP contribution >= 0.6 is 35.0 Å². The Bertz CT molecular complexity index is 902. The Labute approximate surface area is 165 Å². The molecule has 2 amide bonds. The van der Waals surface area contributed by atoms with E-state index >= 15 is 0 Å². The zero-order chi connectivity index (χ0) is 18.7. The Balaban J connectivity index is 1.64. The van der Waals surface area contributed by atoms with Gasteiger partial charge in [-0.3, -0.25) is 9.59 Å². The number of halogens is 2. The summed E-state index contributed by atoms with van der Waals surface area (Å²) in [6.45, 7) is 1.89. The Morgan fingerprint density at radius 3 is 2.73 bits per heavy atom. The summed E-state index contributed by atoms with van der Waals surface area (Å²) in [6, 6.07) is 12.2. The van der Waals surface area contributed by atoms with Crippen LogP contribution in [0.25, 0.3) is 0 Å². The number of aryl methyl sites for hydroxylation is 1. The van der Waals surface area contributed by atoms with E-state index in [0.29, 0.717) is 20.9 Å². The zero-order valence-corrected chi connectivity index (χ0v) is 16.1. The van der Waals surface area contributed by atoms with Crippen LogP contribution in [-0.2, 0) is 9.59 Å². The van der Waals surface area contributed by atoms with E-state index in [1.165, 1.54) is 11.8 Å². The van der Waals surface area contributed by atoms with Crippen molar-refractivity contribution >= 4 is 63.3 Å². The fourth-order valence-electron chi connectivity index (χ4n) is 2.39. The van der Waals surface area contributed by atoms with Crippen LogP contribution in [0.4, 0.5) is 11.4 Å². The number of nitrogens with zero attached hydrogens (tertiary/aromatic N) is 1. The number of hydrogen-bond acceptors (Lipinski definition) is 4. The Morgan fingerprint density at radius 2 is 2.00 bits per heavy atom. The fourth-order valence-corrected chi connectivity index (χ4v) is 3.79. The highest BCUT2D eigenvalue weighted by Gasteiger charge is 2.32. The summed E-state index contributed by atoms with van der Waals surface area (Å²) >= 11 is 13.1. The normalized spacial score (nSPS) is 18.0. The molecular weight excluding hydrogens is 393 g/mol. The molecule has 134 valence electrons. The number of anilines is 1. The molecule has 1 atom stereocenters. The van der Waals surface area contributed by atoms with E-state index < -0.39 is 5.25 Å². The maximum atomic E-state index is 12.2. The zero-order valence-electron chi connectivity index (χ0n) is 13.8. The molecule has 1 fully saturated rings. The van der Waals surface area contributed by atoms with Gasteiger partial charge in [-0.1, -0.05) is 41.0 Å². The van der Waals surface area contributed by atoms with Crippen molar-refractivity contribution < 1.29 is 9.59 Å². The van der Waals surface area contributed by atoms with Gasteiger partial charge in [0.1, 0.15) is 5.25 Å². The van der Waals surface area contributed by atoms with Crippen molar-refractivity contribution in [2.24, 2.45) is 4.99 Å². The Kier molecular flexibility index (Phi) is 5.86. The second-order valence-corrected chi connectivity index (χ2v) is 7.77. The number of nitrogens with one attached hydrogen (secondary N) is 2. The minimum atomic E-state index is -0.527. The summed E-state index contributed by atoms with van der Waals surface area (Å²) in [5.74, 6) is -0.495. The minimum absolute atomic E-state index is 0.0433. The van der Waals surface area contributed by atoms with Crippen molar-refractivity contribution in [3.8, 4) is 0 Å². The van der Waals surface area contributed by atoms with Gasteiger partial charge in [-0.25, -0.2) is 4.99 Å². The molecule has 0 aromatic heterocycles. The van der Waals surface area contributed by atoms with Crippen LogP contribution in [0.5, 0.6) is 0 Å². The first-order chi connectivity index (χ1) is 12.4. The molecule has 1 aliphatic heterocycles. The Morgan fingerprint density at radius 1 is 1.23 bits per heavy atom. The summed E-state index contributed by atoms with van der Waals surface area (Å²) in [6.07, 6.45) is 0.0433. The van der Waals surface area contributed by atoms with Crippen molar-refractivity contribution in [3.63, 3.8) is 0 Å². The van der Waals surface area contributed by atoms with E-state index in [9.17, 15) is 9.59 Å². The van der Waals surface area contributed by atoms with E-state index in [-0.39, 0.29) is 18.2 Å². The van der Waals surface area contributed by atoms with Crippen LogP contribution in [0, 0.1) is 6.92 Å². The van der Waals surface area contributed by atoms with Crippen LogP contribution in [-0.4, -0.2) is 22.2 Å². The third-order valence-electron chi connectivity index (χ3n) is 3.64. The van der Waals surface area contributed by atoms with Crippen molar-refractivity contribution in [3.05, 3.63) is 58.1 Å². The van der Waals surface area contributed by atoms with Gasteiger partial charge in [0, 0.05) is 22.2 Å². The molecule has 2 N–H and O–H groups in total. The number of amidine groups is 1. The van der Waals surface area contributed by atoms with Crippen molar-refractivity contribution in [2.75, 3.05) is 5.32 Å². The standard InChI is InChI=1S/C18H15Cl2N3O2S/c1-10-7-12(20)5-6-14(10)22-18-23-17(25)15(26-18)9-16(24)21-13-4-2-3-11(19)8-13/h2-8,15H,9H2,1H3,(H,21,24)(H,22,23,25)/t15-/m1/s1. The highest BCUT2D eigenvalue weighted by molar-refractivity contribution is 8.15. The lowest BCUT2D eigenvalue weighted by Gasteiger charge is -2.07. The SMILES string of the molecule is Cc1cc(Cl)ccc1N=C1NC(=O)[C@@H](CC(=O)Nc2cccc(Cl)c2)S1. The van der Waals surface area contributed by atoms with Crippen LogP contribution in [0.1, 0.15) is 12.0 Å². The number of benzene rings is 2. The van der Waals surface area contributed by atoms with E-state index in [0.717, 1.165) is 11.3 Å².